The minimum Gasteiger partial charge on any atom is -0.485 e. The van der Waals surface area contributed by atoms with E-state index in [1.807, 2.05) is 6.07 Å². The summed E-state index contributed by atoms with van der Waals surface area (Å²) >= 11 is 8.10. The highest BCUT2D eigenvalue weighted by Gasteiger charge is 2.14. The Morgan fingerprint density at radius 1 is 1.37 bits per heavy atom. The molecule has 1 aromatic heterocycles. The second kappa shape index (κ2) is 6.33. The summed E-state index contributed by atoms with van der Waals surface area (Å²) in [7, 11) is 0. The Bertz CT molecular complexity index is 661. The Labute approximate surface area is 131 Å². The first-order valence-corrected chi connectivity index (χ1v) is 7.61. The summed E-state index contributed by atoms with van der Waals surface area (Å²) < 4.78 is 7.06. The number of hydrogen-bond donors (Lipinski definition) is 0. The average Bonchev–Trinajstić information content (AvgIpc) is 2.75. The highest BCUT2D eigenvalue weighted by molar-refractivity contribution is 9.12. The summed E-state index contributed by atoms with van der Waals surface area (Å²) in [6, 6.07) is 10.5. The Hall–Kier alpha value is -1.16. The van der Waals surface area contributed by atoms with Crippen molar-refractivity contribution in [3.63, 3.8) is 0 Å². The summed E-state index contributed by atoms with van der Waals surface area (Å²) in [5, 5.41) is 8.77. The number of nitrogens with zero attached hydrogens (tertiary/aromatic N) is 1. The van der Waals surface area contributed by atoms with Crippen molar-refractivity contribution in [3.8, 4) is 11.8 Å². The molecule has 6 heteroatoms. The van der Waals surface area contributed by atoms with Crippen molar-refractivity contribution in [1.82, 2.24) is 0 Å². The fourth-order valence-corrected chi connectivity index (χ4v) is 4.27. The fourth-order valence-electron chi connectivity index (χ4n) is 1.41. The molecule has 0 N–H and O–H groups in total. The van der Waals surface area contributed by atoms with Crippen molar-refractivity contribution in [2.24, 2.45) is 0 Å². The molecule has 2 rings (SSSR count). The van der Waals surface area contributed by atoms with E-state index in [-0.39, 0.29) is 12.4 Å². The van der Waals surface area contributed by atoms with Crippen LogP contribution < -0.4 is 4.74 Å². The van der Waals surface area contributed by atoms with Crippen LogP contribution in [0.4, 0.5) is 0 Å². The number of carbonyl (C=O) groups excluding carboxylic acids is 1. The second-order valence-electron chi connectivity index (χ2n) is 3.59. The summed E-state index contributed by atoms with van der Waals surface area (Å²) in [4.78, 5) is 12.0. The van der Waals surface area contributed by atoms with Gasteiger partial charge in [0, 0.05) is 5.56 Å². The molecular formula is C13H7Br2NO2S. The third kappa shape index (κ3) is 3.66. The van der Waals surface area contributed by atoms with Gasteiger partial charge in [-0.05, 0) is 56.1 Å². The molecule has 19 heavy (non-hydrogen) atoms. The van der Waals surface area contributed by atoms with E-state index in [1.54, 1.807) is 30.3 Å². The number of benzene rings is 1. The molecule has 0 aliphatic carbocycles. The minimum atomic E-state index is -0.115. The maximum absolute atomic E-state index is 12.0. The van der Waals surface area contributed by atoms with Crippen LogP contribution >= 0.6 is 43.2 Å². The lowest BCUT2D eigenvalue weighted by molar-refractivity contribution is 0.0921. The van der Waals surface area contributed by atoms with E-state index in [9.17, 15) is 4.79 Å². The van der Waals surface area contributed by atoms with Crippen LogP contribution in [-0.2, 0) is 0 Å². The van der Waals surface area contributed by atoms with Crippen molar-refractivity contribution in [3.05, 3.63) is 49.0 Å². The lowest BCUT2D eigenvalue weighted by Crippen LogP contribution is -2.11. The van der Waals surface area contributed by atoms with Crippen LogP contribution in [0.1, 0.15) is 15.9 Å². The molecule has 1 heterocycles. The van der Waals surface area contributed by atoms with Crippen LogP contribution in [0.15, 0.2) is 37.9 Å². The molecular weight excluding hydrogens is 394 g/mol. The number of carbonyl (C=O) groups is 1. The first-order chi connectivity index (χ1) is 9.10. The smallest absolute Gasteiger partial charge is 0.202 e. The van der Waals surface area contributed by atoms with Gasteiger partial charge in [0.05, 0.1) is 19.2 Å². The Morgan fingerprint density at radius 3 is 2.79 bits per heavy atom. The van der Waals surface area contributed by atoms with E-state index in [0.717, 1.165) is 7.57 Å². The third-order valence-corrected chi connectivity index (χ3v) is 4.63. The molecule has 0 aliphatic rings. The SMILES string of the molecule is N#Cc1cccc(OCC(=O)c2cc(Br)sc2Br)c1. The normalized spacial score (nSPS) is 9.95. The zero-order chi connectivity index (χ0) is 13.8. The molecule has 2 aromatic rings. The highest BCUT2D eigenvalue weighted by Crippen LogP contribution is 2.32. The lowest BCUT2D eigenvalue weighted by atomic mass is 10.2. The van der Waals surface area contributed by atoms with Gasteiger partial charge >= 0.3 is 0 Å². The molecule has 0 fully saturated rings. The van der Waals surface area contributed by atoms with Gasteiger partial charge in [0.15, 0.2) is 6.61 Å². The van der Waals surface area contributed by atoms with Crippen molar-refractivity contribution in [2.45, 2.75) is 0 Å². The number of nitriles is 1. The average molecular weight is 401 g/mol. The third-order valence-electron chi connectivity index (χ3n) is 2.29. The van der Waals surface area contributed by atoms with Crippen LogP contribution in [0, 0.1) is 11.3 Å². The van der Waals surface area contributed by atoms with Gasteiger partial charge in [-0.3, -0.25) is 4.79 Å². The second-order valence-corrected chi connectivity index (χ2v) is 7.34. The number of ketones is 1. The molecule has 0 saturated carbocycles. The molecule has 0 atom stereocenters. The summed E-state index contributed by atoms with van der Waals surface area (Å²) in [6.45, 7) is -0.0589. The zero-order valence-electron chi connectivity index (χ0n) is 9.52. The van der Waals surface area contributed by atoms with E-state index in [1.165, 1.54) is 11.3 Å². The van der Waals surface area contributed by atoms with Crippen molar-refractivity contribution in [2.75, 3.05) is 6.61 Å². The van der Waals surface area contributed by atoms with Gasteiger partial charge in [-0.1, -0.05) is 6.07 Å². The maximum atomic E-state index is 12.0. The monoisotopic (exact) mass is 399 g/mol. The van der Waals surface area contributed by atoms with Crippen molar-refractivity contribution >= 4 is 49.0 Å². The van der Waals surface area contributed by atoms with Crippen LogP contribution in [0.5, 0.6) is 5.75 Å². The van der Waals surface area contributed by atoms with Crippen molar-refractivity contribution < 1.29 is 9.53 Å². The molecule has 0 spiro atoms. The Kier molecular flexibility index (Phi) is 4.75. The van der Waals surface area contributed by atoms with E-state index in [0.29, 0.717) is 16.9 Å². The molecule has 0 aliphatic heterocycles. The predicted octanol–water partition coefficient (Wildman–Crippen LogP) is 4.41. The standard InChI is InChI=1S/C13H7Br2NO2S/c14-12-5-10(13(15)19-12)11(17)7-18-9-3-1-2-8(4-9)6-16/h1-5H,7H2. The van der Waals surface area contributed by atoms with Crippen LogP contribution in [0.2, 0.25) is 0 Å². The first kappa shape index (κ1) is 14.3. The number of thiophene rings is 1. The van der Waals surface area contributed by atoms with Gasteiger partial charge in [0.1, 0.15) is 5.75 Å². The predicted molar refractivity (Wildman–Crippen MR) is 80.7 cm³/mol. The Balaban J connectivity index is 2.04. The van der Waals surface area contributed by atoms with E-state index < -0.39 is 0 Å². The van der Waals surface area contributed by atoms with E-state index >= 15 is 0 Å². The first-order valence-electron chi connectivity index (χ1n) is 5.21. The lowest BCUT2D eigenvalue weighted by Gasteiger charge is -2.05. The van der Waals surface area contributed by atoms with Gasteiger partial charge < -0.3 is 4.74 Å². The summed E-state index contributed by atoms with van der Waals surface area (Å²) in [5.74, 6) is 0.397. The molecule has 0 saturated heterocycles. The zero-order valence-corrected chi connectivity index (χ0v) is 13.5. The van der Waals surface area contributed by atoms with Gasteiger partial charge in [0.25, 0.3) is 0 Å². The van der Waals surface area contributed by atoms with Gasteiger partial charge in [0.2, 0.25) is 5.78 Å². The topological polar surface area (TPSA) is 50.1 Å². The van der Waals surface area contributed by atoms with Crippen LogP contribution in [-0.4, -0.2) is 12.4 Å². The summed E-state index contributed by atoms with van der Waals surface area (Å²) in [6.07, 6.45) is 0. The number of ether oxygens (including phenoxy) is 1. The Morgan fingerprint density at radius 2 is 2.16 bits per heavy atom. The highest BCUT2D eigenvalue weighted by atomic mass is 79.9. The molecule has 1 aromatic carbocycles. The number of rotatable bonds is 4. The van der Waals surface area contributed by atoms with E-state index in [4.69, 9.17) is 10.00 Å². The maximum Gasteiger partial charge on any atom is 0.202 e. The number of hydrogen-bond acceptors (Lipinski definition) is 4. The van der Waals surface area contributed by atoms with Crippen LogP contribution in [0.3, 0.4) is 0 Å². The quantitative estimate of drug-likeness (QED) is 0.714. The van der Waals surface area contributed by atoms with Gasteiger partial charge in [-0.2, -0.15) is 5.26 Å². The number of Topliss-reactive ketones (excluding diaryl/α,β-unsaturated/α-hetero) is 1. The largest absolute Gasteiger partial charge is 0.485 e. The molecule has 96 valence electrons. The number of halogens is 2. The molecule has 0 amide bonds. The molecule has 3 nitrogen and oxygen atoms in total. The van der Waals surface area contributed by atoms with Crippen molar-refractivity contribution in [1.29, 1.82) is 5.26 Å². The molecule has 0 unspecified atom stereocenters. The molecule has 0 bridgehead atoms. The minimum absolute atomic E-state index is 0.0589. The fraction of sp³-hybridized carbons (Fsp3) is 0.0769. The van der Waals surface area contributed by atoms with Crippen LogP contribution in [0.25, 0.3) is 0 Å². The van der Waals surface area contributed by atoms with E-state index in [2.05, 4.69) is 31.9 Å². The summed E-state index contributed by atoms with van der Waals surface area (Å²) in [5.41, 5.74) is 1.10. The van der Waals surface area contributed by atoms with Gasteiger partial charge in [-0.15, -0.1) is 11.3 Å². The van der Waals surface area contributed by atoms with Gasteiger partial charge in [-0.25, -0.2) is 0 Å². The molecule has 0 radical (unpaired) electrons.